The van der Waals surface area contributed by atoms with Gasteiger partial charge in [-0.05, 0) is 76.4 Å². The summed E-state index contributed by atoms with van der Waals surface area (Å²) in [5.41, 5.74) is 6.16. The van der Waals surface area contributed by atoms with Crippen LogP contribution in [-0.4, -0.2) is 60.6 Å². The summed E-state index contributed by atoms with van der Waals surface area (Å²) < 4.78 is 37.9. The highest BCUT2D eigenvalue weighted by Gasteiger charge is 2.41. The summed E-state index contributed by atoms with van der Waals surface area (Å²) in [6.07, 6.45) is -2.21. The average molecular weight is 843 g/mol. The van der Waals surface area contributed by atoms with Crippen molar-refractivity contribution in [1.29, 1.82) is 0 Å². The van der Waals surface area contributed by atoms with Gasteiger partial charge in [-0.25, -0.2) is 0 Å². The van der Waals surface area contributed by atoms with Gasteiger partial charge in [0.25, 0.3) is 0 Å². The summed E-state index contributed by atoms with van der Waals surface area (Å²) in [5, 5.41) is 25.2. The largest absolute Gasteiger partial charge is 0.491 e. The Bertz CT molecular complexity index is 2140. The van der Waals surface area contributed by atoms with Gasteiger partial charge >= 0.3 is 0 Å². The zero-order valence-corrected chi connectivity index (χ0v) is 35.1. The van der Waals surface area contributed by atoms with Crippen molar-refractivity contribution in [2.45, 2.75) is 82.3 Å². The van der Waals surface area contributed by atoms with Crippen LogP contribution in [0.25, 0.3) is 0 Å². The third-order valence-electron chi connectivity index (χ3n) is 10.6. The first-order chi connectivity index (χ1) is 30.0. The first-order valence-electron chi connectivity index (χ1n) is 21.0. The van der Waals surface area contributed by atoms with Crippen LogP contribution >= 0.6 is 11.6 Å². The molecule has 5 atom stereocenters. The molecule has 0 heterocycles. The second-order valence-corrected chi connectivity index (χ2v) is 15.8. The first kappa shape index (κ1) is 44.2. The molecule has 1 fully saturated rings. The molecule has 8 nitrogen and oxygen atoms in total. The number of halogens is 1. The Morgan fingerprint density at radius 2 is 1.03 bits per heavy atom. The Morgan fingerprint density at radius 1 is 0.525 bits per heavy atom. The molecule has 6 aromatic rings. The number of aliphatic hydroxyl groups is 2. The fourth-order valence-electron chi connectivity index (χ4n) is 7.07. The van der Waals surface area contributed by atoms with Crippen LogP contribution in [0.3, 0.4) is 0 Å². The van der Waals surface area contributed by atoms with E-state index >= 15 is 0 Å². The van der Waals surface area contributed by atoms with Crippen molar-refractivity contribution in [1.82, 2.24) is 0 Å². The molecule has 1 saturated carbocycles. The van der Waals surface area contributed by atoms with Crippen LogP contribution in [0.5, 0.6) is 5.75 Å². The predicted octanol–water partition coefficient (Wildman–Crippen LogP) is 9.86. The van der Waals surface area contributed by atoms with Gasteiger partial charge in [0.2, 0.25) is 0 Å². The van der Waals surface area contributed by atoms with Gasteiger partial charge in [-0.3, -0.25) is 0 Å². The van der Waals surface area contributed by atoms with Crippen LogP contribution in [0.4, 0.5) is 0 Å². The van der Waals surface area contributed by atoms with Crippen LogP contribution in [0.15, 0.2) is 164 Å². The highest BCUT2D eigenvalue weighted by Crippen LogP contribution is 2.33. The van der Waals surface area contributed by atoms with Crippen molar-refractivity contribution in [3.05, 3.63) is 208 Å². The Kier molecular flexibility index (Phi) is 16.9. The normalized spacial score (nSPS) is 15.1. The summed E-state index contributed by atoms with van der Waals surface area (Å²) in [6.45, 7) is 1.84. The van der Waals surface area contributed by atoms with E-state index < -0.39 is 30.5 Å². The number of rotatable bonds is 25. The SMILES string of the molecule is OC(COCc1ccccc1)C(OCc1ccccc1)C(OCc1ccccc1)C(OCc1ccccc1)C(O)c1ccc(Cl)c(Cc2ccc(OCCOC3CC3)cc2)c1. The van der Waals surface area contributed by atoms with Gasteiger partial charge in [0.15, 0.2) is 0 Å². The minimum Gasteiger partial charge on any atom is -0.491 e. The molecule has 2 N–H and O–H groups in total. The van der Waals surface area contributed by atoms with E-state index in [1.54, 1.807) is 6.07 Å². The number of aliphatic hydroxyl groups excluding tert-OH is 2. The van der Waals surface area contributed by atoms with E-state index in [2.05, 4.69) is 0 Å². The van der Waals surface area contributed by atoms with Gasteiger partial charge in [-0.2, -0.15) is 0 Å². The molecule has 0 radical (unpaired) electrons. The van der Waals surface area contributed by atoms with Crippen molar-refractivity contribution in [3.8, 4) is 5.75 Å². The molecule has 0 saturated heterocycles. The Morgan fingerprint density at radius 3 is 1.57 bits per heavy atom. The third-order valence-corrected chi connectivity index (χ3v) is 10.9. The van der Waals surface area contributed by atoms with Gasteiger partial charge in [-0.1, -0.05) is 157 Å². The molecule has 61 heavy (non-hydrogen) atoms. The molecular weight excluding hydrogens is 788 g/mol. The van der Waals surface area contributed by atoms with Crippen molar-refractivity contribution < 1.29 is 38.6 Å². The van der Waals surface area contributed by atoms with Gasteiger partial charge < -0.3 is 38.6 Å². The monoisotopic (exact) mass is 842 g/mol. The molecule has 7 rings (SSSR count). The number of ether oxygens (including phenoxy) is 6. The van der Waals surface area contributed by atoms with Crippen LogP contribution in [0.1, 0.15) is 57.9 Å². The zero-order valence-electron chi connectivity index (χ0n) is 34.3. The third kappa shape index (κ3) is 14.1. The molecule has 9 heteroatoms. The number of hydrogen-bond donors (Lipinski definition) is 2. The van der Waals surface area contributed by atoms with Crippen molar-refractivity contribution in [2.75, 3.05) is 19.8 Å². The van der Waals surface area contributed by atoms with Crippen LogP contribution in [-0.2, 0) is 56.5 Å². The highest BCUT2D eigenvalue weighted by molar-refractivity contribution is 6.31. The smallest absolute Gasteiger partial charge is 0.119 e. The number of benzene rings is 6. The van der Waals surface area contributed by atoms with Crippen molar-refractivity contribution in [3.63, 3.8) is 0 Å². The lowest BCUT2D eigenvalue weighted by Crippen LogP contribution is -2.51. The van der Waals surface area contributed by atoms with Crippen molar-refractivity contribution in [2.24, 2.45) is 0 Å². The minimum absolute atomic E-state index is 0.0514. The van der Waals surface area contributed by atoms with Crippen LogP contribution < -0.4 is 4.74 Å². The molecule has 0 amide bonds. The fourth-order valence-corrected chi connectivity index (χ4v) is 7.25. The van der Waals surface area contributed by atoms with E-state index in [1.165, 1.54) is 0 Å². The Labute approximate surface area is 364 Å². The zero-order chi connectivity index (χ0) is 42.1. The maximum Gasteiger partial charge on any atom is 0.119 e. The fraction of sp³-hybridized carbons (Fsp3) is 0.308. The van der Waals surface area contributed by atoms with E-state index in [-0.39, 0.29) is 26.4 Å². The van der Waals surface area contributed by atoms with Gasteiger partial charge in [-0.15, -0.1) is 0 Å². The quantitative estimate of drug-likeness (QED) is 0.0551. The molecule has 1 aliphatic carbocycles. The molecule has 1 aliphatic rings. The topological polar surface area (TPSA) is 95.8 Å². The van der Waals surface area contributed by atoms with E-state index in [1.807, 2.05) is 158 Å². The lowest BCUT2D eigenvalue weighted by atomic mass is 9.92. The maximum absolute atomic E-state index is 12.6. The summed E-state index contributed by atoms with van der Waals surface area (Å²) in [5.74, 6) is 0.773. The molecule has 5 unspecified atom stereocenters. The Hall–Kier alpha value is -4.87. The van der Waals surface area contributed by atoms with E-state index in [0.717, 1.165) is 52.0 Å². The van der Waals surface area contributed by atoms with Gasteiger partial charge in [0, 0.05) is 5.02 Å². The van der Waals surface area contributed by atoms with E-state index in [0.29, 0.717) is 42.9 Å². The van der Waals surface area contributed by atoms with Gasteiger partial charge in [0.05, 0.1) is 45.7 Å². The minimum atomic E-state index is -1.23. The summed E-state index contributed by atoms with van der Waals surface area (Å²) in [6, 6.07) is 52.6. The standard InChI is InChI=1S/C52H55ClO8/c53-47-28-23-43(32-44(47)31-38-21-24-45(25-22-38)57-29-30-58-46-26-27-46)49(55)51(60-35-41-17-9-3-10-18-41)52(61-36-42-19-11-4-12-20-42)50(59-34-40-15-7-2-8-16-40)48(54)37-56-33-39-13-5-1-6-14-39/h1-25,28,32,46,48-52,54-55H,26-27,29-31,33-37H2. The molecule has 318 valence electrons. The van der Waals surface area contributed by atoms with E-state index in [9.17, 15) is 10.2 Å². The van der Waals surface area contributed by atoms with Crippen LogP contribution in [0.2, 0.25) is 5.02 Å². The second-order valence-electron chi connectivity index (χ2n) is 15.4. The summed E-state index contributed by atoms with van der Waals surface area (Å²) in [4.78, 5) is 0. The maximum atomic E-state index is 12.6. The average Bonchev–Trinajstić information content (AvgIpc) is 4.14. The van der Waals surface area contributed by atoms with Gasteiger partial charge in [0.1, 0.15) is 42.9 Å². The predicted molar refractivity (Wildman–Crippen MR) is 237 cm³/mol. The van der Waals surface area contributed by atoms with E-state index in [4.69, 9.17) is 40.0 Å². The molecule has 0 aromatic heterocycles. The van der Waals surface area contributed by atoms with Crippen molar-refractivity contribution >= 4 is 11.6 Å². The Balaban J connectivity index is 1.17. The molecule has 0 aliphatic heterocycles. The molecular formula is C52H55ClO8. The molecule has 0 bridgehead atoms. The highest BCUT2D eigenvalue weighted by atomic mass is 35.5. The summed E-state index contributed by atoms with van der Waals surface area (Å²) >= 11 is 6.84. The van der Waals surface area contributed by atoms with Crippen LogP contribution in [0, 0.1) is 0 Å². The lowest BCUT2D eigenvalue weighted by molar-refractivity contribution is -0.207. The number of hydrogen-bond acceptors (Lipinski definition) is 8. The summed E-state index contributed by atoms with van der Waals surface area (Å²) in [7, 11) is 0. The molecule has 6 aromatic carbocycles. The molecule has 0 spiro atoms. The lowest BCUT2D eigenvalue weighted by Gasteiger charge is -2.38. The first-order valence-corrected chi connectivity index (χ1v) is 21.4. The second kappa shape index (κ2) is 23.4.